The van der Waals surface area contributed by atoms with Crippen molar-refractivity contribution in [1.82, 2.24) is 0 Å². The molecule has 0 aliphatic heterocycles. The second-order valence-electron chi connectivity index (χ2n) is 14.1. The molecule has 2 aromatic carbocycles. The fraction of sp³-hybridized carbons (Fsp3) is 0.550. The molecule has 3 aliphatic rings. The Bertz CT molecular complexity index is 1310. The molecule has 3 saturated carbocycles. The molecule has 0 aromatic heterocycles. The topological polar surface area (TPSA) is 29.4 Å². The Labute approximate surface area is 257 Å². The largest absolute Gasteiger partial charge is 0.294 e. The summed E-state index contributed by atoms with van der Waals surface area (Å²) in [5.41, 5.74) is 9.41. The summed E-state index contributed by atoms with van der Waals surface area (Å²) >= 11 is 0. The maximum Gasteiger partial charge on any atom is 0.163 e. The van der Waals surface area contributed by atoms with Crippen molar-refractivity contribution in [1.29, 1.82) is 0 Å². The molecule has 2 aromatic rings. The van der Waals surface area contributed by atoms with E-state index >= 15 is 0 Å². The van der Waals surface area contributed by atoms with Crippen LogP contribution in [-0.4, -0.2) is 11.5 Å². The van der Waals surface area contributed by atoms with E-state index in [4.69, 9.17) is 4.99 Å². The highest BCUT2D eigenvalue weighted by Crippen LogP contribution is 2.38. The maximum atomic E-state index is 13.2. The van der Waals surface area contributed by atoms with Crippen LogP contribution < -0.4 is 0 Å². The minimum absolute atomic E-state index is 0. The van der Waals surface area contributed by atoms with Gasteiger partial charge in [-0.1, -0.05) is 108 Å². The van der Waals surface area contributed by atoms with Gasteiger partial charge in [0.15, 0.2) is 5.78 Å². The Morgan fingerprint density at radius 1 is 0.905 bits per heavy atom. The number of hydrogen-bond acceptors (Lipinski definition) is 2. The number of hydrogen-bond donors (Lipinski definition) is 0. The van der Waals surface area contributed by atoms with Gasteiger partial charge in [-0.25, -0.2) is 0 Å². The number of nitrogens with zero attached hydrogens (tertiary/aromatic N) is 1. The molecule has 0 bridgehead atoms. The number of benzene rings is 2. The molecule has 2 heteroatoms. The molecule has 0 N–H and O–H groups in total. The third-order valence-electron chi connectivity index (χ3n) is 10.7. The molecule has 42 heavy (non-hydrogen) atoms. The van der Waals surface area contributed by atoms with Crippen LogP contribution in [0.15, 0.2) is 71.9 Å². The first-order chi connectivity index (χ1) is 20.3. The summed E-state index contributed by atoms with van der Waals surface area (Å²) in [6.07, 6.45) is 16.5. The maximum absolute atomic E-state index is 13.2. The van der Waals surface area contributed by atoms with E-state index in [9.17, 15) is 4.79 Å². The van der Waals surface area contributed by atoms with Crippen LogP contribution >= 0.6 is 0 Å². The van der Waals surface area contributed by atoms with E-state index in [-0.39, 0.29) is 7.21 Å². The first kappa shape index (κ1) is 30.7. The molecule has 4 atom stereocenters. The predicted molar refractivity (Wildman–Crippen MR) is 181 cm³/mol. The number of Topliss-reactive ketones (excluding diaryl/α,β-unsaturated/α-hetero) is 1. The highest BCUT2D eigenvalue weighted by molar-refractivity contribution is 6.04. The normalized spacial score (nSPS) is 26.1. The smallest absolute Gasteiger partial charge is 0.163 e. The zero-order valence-electron chi connectivity index (χ0n) is 26.6. The third kappa shape index (κ3) is 7.61. The van der Waals surface area contributed by atoms with Crippen molar-refractivity contribution in [3.8, 4) is 11.1 Å². The van der Waals surface area contributed by atoms with Gasteiger partial charge in [0.05, 0.1) is 5.71 Å². The summed E-state index contributed by atoms with van der Waals surface area (Å²) in [7, 11) is 0. The average Bonchev–Trinajstić information content (AvgIpc) is 3.21. The lowest BCUT2D eigenvalue weighted by atomic mass is 9.78. The van der Waals surface area contributed by atoms with Gasteiger partial charge < -0.3 is 0 Å². The van der Waals surface area contributed by atoms with Gasteiger partial charge in [0.2, 0.25) is 0 Å². The molecule has 0 heterocycles. The van der Waals surface area contributed by atoms with Crippen molar-refractivity contribution >= 4 is 11.5 Å². The van der Waals surface area contributed by atoms with E-state index in [1.165, 1.54) is 85.8 Å². The van der Waals surface area contributed by atoms with Crippen LogP contribution in [0.25, 0.3) is 11.1 Å². The van der Waals surface area contributed by atoms with Crippen molar-refractivity contribution in [3.63, 3.8) is 0 Å². The highest BCUT2D eigenvalue weighted by Gasteiger charge is 2.28. The van der Waals surface area contributed by atoms with Crippen molar-refractivity contribution in [3.05, 3.63) is 83.6 Å². The molecule has 0 amide bonds. The van der Waals surface area contributed by atoms with Crippen LogP contribution in [0.4, 0.5) is 0 Å². The van der Waals surface area contributed by atoms with Crippen LogP contribution in [0.5, 0.6) is 0 Å². The Hall–Kier alpha value is -2.74. The number of ketones is 1. The highest BCUT2D eigenvalue weighted by atomic mass is 16.1. The van der Waals surface area contributed by atoms with E-state index in [0.717, 1.165) is 48.4 Å². The summed E-state index contributed by atoms with van der Waals surface area (Å²) in [4.78, 5) is 18.7. The third-order valence-corrected chi connectivity index (χ3v) is 10.7. The standard InChI is InChI=1S/C40H53NO.H2/c1-27-17-19-32(20-18-27)25-39(42)35-15-10-14-33(26-35)34-21-22-38(30(4)24-34)40(36-13-8-6-11-28(2)23-36)41-31(5)37-16-9-7-12-29(37)3;/h10,14-15,21-22,24,26,28-29,32,36-37H,1,5-9,11-13,16-20,23,25H2,2-4H3;1H/t28-,29-,36?,37?;/m0./s1. The lowest BCUT2D eigenvalue weighted by Gasteiger charge is -2.30. The first-order valence-corrected chi connectivity index (χ1v) is 17.0. The molecule has 0 saturated heterocycles. The fourth-order valence-corrected chi connectivity index (χ4v) is 7.95. The van der Waals surface area contributed by atoms with Gasteiger partial charge in [0, 0.05) is 30.9 Å². The second-order valence-corrected chi connectivity index (χ2v) is 14.1. The number of carbonyl (C=O) groups is 1. The van der Waals surface area contributed by atoms with Crippen molar-refractivity contribution in [2.75, 3.05) is 0 Å². The molecule has 2 nitrogen and oxygen atoms in total. The van der Waals surface area contributed by atoms with Gasteiger partial charge >= 0.3 is 0 Å². The fourth-order valence-electron chi connectivity index (χ4n) is 7.95. The van der Waals surface area contributed by atoms with E-state index in [2.05, 4.69) is 64.3 Å². The molecule has 3 aliphatic carbocycles. The van der Waals surface area contributed by atoms with E-state index in [1.54, 1.807) is 0 Å². The van der Waals surface area contributed by atoms with Crippen LogP contribution in [-0.2, 0) is 0 Å². The quantitative estimate of drug-likeness (QED) is 0.135. The van der Waals surface area contributed by atoms with Crippen LogP contribution in [0.1, 0.15) is 127 Å². The molecule has 2 unspecified atom stereocenters. The summed E-state index contributed by atoms with van der Waals surface area (Å²) < 4.78 is 0. The van der Waals surface area contributed by atoms with Crippen LogP contribution in [0.3, 0.4) is 0 Å². The molecule has 5 rings (SSSR count). The number of allylic oxidation sites excluding steroid dienone is 2. The second kappa shape index (κ2) is 14.2. The van der Waals surface area contributed by atoms with Gasteiger partial charge in [0.25, 0.3) is 0 Å². The first-order valence-electron chi connectivity index (χ1n) is 17.0. The summed E-state index contributed by atoms with van der Waals surface area (Å²) in [6.45, 7) is 15.8. The Morgan fingerprint density at radius 2 is 1.62 bits per heavy atom. The zero-order chi connectivity index (χ0) is 29.6. The van der Waals surface area contributed by atoms with Crippen molar-refractivity contribution in [2.24, 2.45) is 34.6 Å². The van der Waals surface area contributed by atoms with E-state index in [0.29, 0.717) is 30.1 Å². The SMILES string of the molecule is C=C1CCC(CC(=O)c2cccc(-c3ccc(C(=NC(=C)C4CCCC[C@@H]4C)C4CCCC[C@H](C)C4)c(C)c3)c2)CC1.[HH]. The Balaban J connectivity index is 0.00000423. The lowest BCUT2D eigenvalue weighted by molar-refractivity contribution is 0.0953. The van der Waals surface area contributed by atoms with Gasteiger partial charge in [-0.15, -0.1) is 0 Å². The zero-order valence-corrected chi connectivity index (χ0v) is 26.6. The van der Waals surface area contributed by atoms with Gasteiger partial charge in [0.1, 0.15) is 0 Å². The van der Waals surface area contributed by atoms with Crippen LogP contribution in [0.2, 0.25) is 0 Å². The monoisotopic (exact) mass is 565 g/mol. The molecule has 0 spiro atoms. The van der Waals surface area contributed by atoms with Crippen molar-refractivity contribution in [2.45, 2.75) is 111 Å². The molecular weight excluding hydrogens is 510 g/mol. The number of carbonyl (C=O) groups excluding carboxylic acids is 1. The predicted octanol–water partition coefficient (Wildman–Crippen LogP) is 11.6. The van der Waals surface area contributed by atoms with E-state index in [1.807, 2.05) is 12.1 Å². The van der Waals surface area contributed by atoms with Gasteiger partial charge in [-0.05, 0) is 97.9 Å². The van der Waals surface area contributed by atoms with E-state index < -0.39 is 0 Å². The van der Waals surface area contributed by atoms with Crippen LogP contribution in [0, 0.1) is 36.5 Å². The summed E-state index contributed by atoms with van der Waals surface area (Å²) in [5.74, 6) is 3.15. The van der Waals surface area contributed by atoms with Gasteiger partial charge in [-0.2, -0.15) is 0 Å². The number of rotatable bonds is 8. The minimum Gasteiger partial charge on any atom is -0.294 e. The summed E-state index contributed by atoms with van der Waals surface area (Å²) in [6, 6.07) is 15.2. The molecule has 0 radical (unpaired) electrons. The average molecular weight is 566 g/mol. The molecular formula is C40H55NO. The van der Waals surface area contributed by atoms with Crippen molar-refractivity contribution < 1.29 is 6.22 Å². The minimum atomic E-state index is 0. The lowest BCUT2D eigenvalue weighted by Crippen LogP contribution is -2.22. The Kier molecular flexibility index (Phi) is 10.3. The number of aliphatic imine (C=N–C) groups is 1. The molecule has 226 valence electrons. The molecule has 3 fully saturated rings. The Morgan fingerprint density at radius 3 is 2.38 bits per heavy atom. The van der Waals surface area contributed by atoms with Gasteiger partial charge in [-0.3, -0.25) is 9.79 Å². The summed E-state index contributed by atoms with van der Waals surface area (Å²) in [5, 5.41) is 0. The number of aryl methyl sites for hydroxylation is 1.